The molecule has 3 N–H and O–H groups in total. The normalized spacial score (nSPS) is 13.1. The molecule has 2 rings (SSSR count). The molecule has 0 radical (unpaired) electrons. The molecular weight excluding hydrogens is 224 g/mol. The first kappa shape index (κ1) is 10.8. The van der Waals surface area contributed by atoms with Crippen LogP contribution < -0.4 is 11.3 Å². The van der Waals surface area contributed by atoms with Crippen molar-refractivity contribution in [1.29, 1.82) is 0 Å². The van der Waals surface area contributed by atoms with E-state index in [2.05, 4.69) is 29.5 Å². The smallest absolute Gasteiger partial charge is 0.0556 e. The van der Waals surface area contributed by atoms with Gasteiger partial charge in [-0.1, -0.05) is 6.08 Å². The molecule has 0 spiro atoms. The van der Waals surface area contributed by atoms with Crippen LogP contribution in [-0.4, -0.2) is 0 Å². The quantitative estimate of drug-likeness (QED) is 0.476. The van der Waals surface area contributed by atoms with E-state index in [1.807, 2.05) is 17.4 Å². The minimum atomic E-state index is 0.257. The Kier molecular flexibility index (Phi) is 3.53. The second-order valence-electron chi connectivity index (χ2n) is 3.38. The molecule has 0 aliphatic carbocycles. The molecule has 0 amide bonds. The zero-order valence-electron chi connectivity index (χ0n) is 8.40. The van der Waals surface area contributed by atoms with Crippen LogP contribution in [0.15, 0.2) is 30.2 Å². The number of hydrogen-bond donors (Lipinski definition) is 2. The maximum absolute atomic E-state index is 5.56. The summed E-state index contributed by atoms with van der Waals surface area (Å²) in [5.41, 5.74) is 2.87. The van der Waals surface area contributed by atoms with Gasteiger partial charge in [-0.25, -0.2) is 0 Å². The van der Waals surface area contributed by atoms with E-state index < -0.39 is 0 Å². The summed E-state index contributed by atoms with van der Waals surface area (Å²) in [6, 6.07) is 4.65. The third-order valence-corrected chi connectivity index (χ3v) is 4.57. The Morgan fingerprint density at radius 1 is 1.53 bits per heavy atom. The summed E-state index contributed by atoms with van der Waals surface area (Å²) in [6.07, 6.45) is 3.93. The van der Waals surface area contributed by atoms with Gasteiger partial charge in [-0.3, -0.25) is 11.3 Å². The third kappa shape index (κ3) is 2.29. The minimum Gasteiger partial charge on any atom is -0.271 e. The number of hydrazine groups is 1. The molecule has 1 unspecified atom stereocenters. The van der Waals surface area contributed by atoms with Gasteiger partial charge < -0.3 is 0 Å². The molecule has 15 heavy (non-hydrogen) atoms. The highest BCUT2D eigenvalue weighted by molar-refractivity contribution is 7.26. The van der Waals surface area contributed by atoms with E-state index in [4.69, 9.17) is 5.84 Å². The number of rotatable bonds is 5. The monoisotopic (exact) mass is 238 g/mol. The Labute approximate surface area is 97.4 Å². The van der Waals surface area contributed by atoms with Crippen LogP contribution in [0, 0.1) is 0 Å². The van der Waals surface area contributed by atoms with E-state index in [0.29, 0.717) is 0 Å². The molecule has 0 aliphatic heterocycles. The largest absolute Gasteiger partial charge is 0.271 e. The van der Waals surface area contributed by atoms with Gasteiger partial charge in [-0.05, 0) is 30.4 Å². The Balaban J connectivity index is 2.19. The van der Waals surface area contributed by atoms with Crippen molar-refractivity contribution in [1.82, 2.24) is 5.43 Å². The van der Waals surface area contributed by atoms with Crippen molar-refractivity contribution >= 4 is 32.1 Å². The van der Waals surface area contributed by atoms with Crippen LogP contribution in [0.1, 0.15) is 23.8 Å². The average molecular weight is 238 g/mol. The van der Waals surface area contributed by atoms with Crippen molar-refractivity contribution in [2.24, 2.45) is 5.84 Å². The fourth-order valence-electron chi connectivity index (χ4n) is 1.55. The van der Waals surface area contributed by atoms with Crippen molar-refractivity contribution in [3.8, 4) is 0 Å². The van der Waals surface area contributed by atoms with Crippen LogP contribution in [0.4, 0.5) is 0 Å². The summed E-state index contributed by atoms with van der Waals surface area (Å²) in [5.74, 6) is 5.56. The summed E-state index contributed by atoms with van der Waals surface area (Å²) in [6.45, 7) is 3.73. The van der Waals surface area contributed by atoms with E-state index in [-0.39, 0.29) is 6.04 Å². The standard InChI is InChI=1S/C11H14N2S2/c1-2-3-4-8(13-12)10-7-11-9(15-10)5-6-14-11/h2,5-8,13H,1,3-4,12H2. The lowest BCUT2D eigenvalue weighted by Crippen LogP contribution is -2.27. The molecule has 0 aliphatic rings. The van der Waals surface area contributed by atoms with E-state index in [0.717, 1.165) is 12.8 Å². The number of fused-ring (bicyclic) bond motifs is 1. The topological polar surface area (TPSA) is 38.0 Å². The Hall–Kier alpha value is -0.680. The molecular formula is C11H14N2S2. The molecule has 0 fully saturated rings. The van der Waals surface area contributed by atoms with Crippen LogP contribution in [0.2, 0.25) is 0 Å². The second-order valence-corrected chi connectivity index (χ2v) is 5.45. The minimum absolute atomic E-state index is 0.257. The highest BCUT2D eigenvalue weighted by Gasteiger charge is 2.12. The molecule has 0 saturated carbocycles. The van der Waals surface area contributed by atoms with Crippen LogP contribution in [0.3, 0.4) is 0 Å². The van der Waals surface area contributed by atoms with Crippen molar-refractivity contribution in [2.45, 2.75) is 18.9 Å². The number of thiophene rings is 2. The second kappa shape index (κ2) is 4.90. The molecule has 1 atom stereocenters. The Morgan fingerprint density at radius 3 is 3.07 bits per heavy atom. The van der Waals surface area contributed by atoms with Gasteiger partial charge in [-0.2, -0.15) is 0 Å². The van der Waals surface area contributed by atoms with Crippen LogP contribution in [-0.2, 0) is 0 Å². The molecule has 2 heterocycles. The van der Waals surface area contributed by atoms with Crippen LogP contribution in [0.5, 0.6) is 0 Å². The van der Waals surface area contributed by atoms with Gasteiger partial charge in [0.25, 0.3) is 0 Å². The molecule has 0 aromatic carbocycles. The van der Waals surface area contributed by atoms with Gasteiger partial charge in [0, 0.05) is 14.3 Å². The maximum Gasteiger partial charge on any atom is 0.0556 e. The molecule has 2 aromatic heterocycles. The highest BCUT2D eigenvalue weighted by atomic mass is 32.1. The number of allylic oxidation sites excluding steroid dienone is 1. The van der Waals surface area contributed by atoms with Gasteiger partial charge >= 0.3 is 0 Å². The number of nitrogens with one attached hydrogen (secondary N) is 1. The average Bonchev–Trinajstić information content (AvgIpc) is 2.79. The fourth-order valence-corrected chi connectivity index (χ4v) is 3.76. The predicted molar refractivity (Wildman–Crippen MR) is 69.2 cm³/mol. The van der Waals surface area contributed by atoms with Gasteiger partial charge in [0.15, 0.2) is 0 Å². The molecule has 2 nitrogen and oxygen atoms in total. The van der Waals surface area contributed by atoms with Crippen LogP contribution >= 0.6 is 22.7 Å². The number of hydrogen-bond acceptors (Lipinski definition) is 4. The molecule has 0 saturated heterocycles. The van der Waals surface area contributed by atoms with Crippen molar-refractivity contribution < 1.29 is 0 Å². The SMILES string of the molecule is C=CCCC(NN)c1cc2sccc2s1. The zero-order valence-corrected chi connectivity index (χ0v) is 10.0. The van der Waals surface area contributed by atoms with E-state index in [1.54, 1.807) is 11.3 Å². The summed E-state index contributed by atoms with van der Waals surface area (Å²) < 4.78 is 2.71. The third-order valence-electron chi connectivity index (χ3n) is 2.36. The Bertz CT molecular complexity index is 416. The first-order valence-electron chi connectivity index (χ1n) is 4.89. The Morgan fingerprint density at radius 2 is 2.40 bits per heavy atom. The zero-order chi connectivity index (χ0) is 10.7. The predicted octanol–water partition coefficient (Wildman–Crippen LogP) is 3.43. The lowest BCUT2D eigenvalue weighted by atomic mass is 10.1. The molecule has 2 aromatic rings. The highest BCUT2D eigenvalue weighted by Crippen LogP contribution is 2.34. The van der Waals surface area contributed by atoms with Gasteiger partial charge in [0.1, 0.15) is 0 Å². The molecule has 80 valence electrons. The summed E-state index contributed by atoms with van der Waals surface area (Å²) in [4.78, 5) is 1.32. The van der Waals surface area contributed by atoms with Crippen LogP contribution in [0.25, 0.3) is 9.40 Å². The lowest BCUT2D eigenvalue weighted by molar-refractivity contribution is 0.529. The van der Waals surface area contributed by atoms with E-state index in [1.165, 1.54) is 14.3 Å². The molecule has 4 heteroatoms. The van der Waals surface area contributed by atoms with Crippen molar-refractivity contribution in [3.63, 3.8) is 0 Å². The fraction of sp³-hybridized carbons (Fsp3) is 0.273. The summed E-state index contributed by atoms with van der Waals surface area (Å²) in [7, 11) is 0. The summed E-state index contributed by atoms with van der Waals surface area (Å²) in [5, 5.41) is 2.12. The first-order chi connectivity index (χ1) is 7.35. The van der Waals surface area contributed by atoms with E-state index >= 15 is 0 Å². The first-order valence-corrected chi connectivity index (χ1v) is 6.58. The van der Waals surface area contributed by atoms with Crippen molar-refractivity contribution in [3.05, 3.63) is 35.0 Å². The van der Waals surface area contributed by atoms with Gasteiger partial charge in [-0.15, -0.1) is 29.3 Å². The van der Waals surface area contributed by atoms with Gasteiger partial charge in [0.05, 0.1) is 6.04 Å². The summed E-state index contributed by atoms with van der Waals surface area (Å²) >= 11 is 3.60. The van der Waals surface area contributed by atoms with Crippen molar-refractivity contribution in [2.75, 3.05) is 0 Å². The van der Waals surface area contributed by atoms with E-state index in [9.17, 15) is 0 Å². The number of nitrogens with two attached hydrogens (primary N) is 1. The van der Waals surface area contributed by atoms with Gasteiger partial charge in [0.2, 0.25) is 0 Å². The lowest BCUT2D eigenvalue weighted by Gasteiger charge is -2.12. The molecule has 0 bridgehead atoms. The maximum atomic E-state index is 5.56.